The highest BCUT2D eigenvalue weighted by Crippen LogP contribution is 2.22. The summed E-state index contributed by atoms with van der Waals surface area (Å²) in [6.45, 7) is 0.963. The van der Waals surface area contributed by atoms with E-state index < -0.39 is 0 Å². The molecule has 0 aromatic carbocycles. The third kappa shape index (κ3) is 3.69. The Balaban J connectivity index is 2.45. The third-order valence-electron chi connectivity index (χ3n) is 2.14. The quantitative estimate of drug-likeness (QED) is 0.747. The van der Waals surface area contributed by atoms with Crippen molar-refractivity contribution in [3.05, 3.63) is 22.8 Å². The van der Waals surface area contributed by atoms with Crippen molar-refractivity contribution in [3.63, 3.8) is 0 Å². The Morgan fingerprint density at radius 1 is 1.44 bits per heavy atom. The summed E-state index contributed by atoms with van der Waals surface area (Å²) in [6, 6.07) is 3.58. The first kappa shape index (κ1) is 12.8. The Morgan fingerprint density at radius 3 is 2.94 bits per heavy atom. The van der Waals surface area contributed by atoms with Gasteiger partial charge < -0.3 is 10.4 Å². The van der Waals surface area contributed by atoms with Gasteiger partial charge in [0.2, 0.25) is 0 Å². The minimum Gasteiger partial charge on any atom is -0.396 e. The van der Waals surface area contributed by atoms with Gasteiger partial charge in [-0.2, -0.15) is 5.26 Å². The monoisotopic (exact) mass is 239 g/mol. The lowest BCUT2D eigenvalue weighted by molar-refractivity contribution is 0.283. The van der Waals surface area contributed by atoms with Crippen molar-refractivity contribution < 1.29 is 5.11 Å². The van der Waals surface area contributed by atoms with Gasteiger partial charge in [0.15, 0.2) is 0 Å². The molecule has 1 heterocycles. The lowest BCUT2D eigenvalue weighted by Crippen LogP contribution is -2.04. The molecule has 0 aliphatic heterocycles. The summed E-state index contributed by atoms with van der Waals surface area (Å²) in [5.74, 6) is 0.546. The molecule has 0 amide bonds. The van der Waals surface area contributed by atoms with Crippen molar-refractivity contribution in [1.82, 2.24) is 4.98 Å². The van der Waals surface area contributed by atoms with Crippen LogP contribution >= 0.6 is 11.6 Å². The van der Waals surface area contributed by atoms with Crippen LogP contribution in [0.3, 0.4) is 0 Å². The standard InChI is InChI=1S/C11H14ClN3O/c12-10-9(8-13)4-6-15-11(10)14-5-2-1-3-7-16/h4,6,16H,1-3,5,7H2,(H,14,15). The molecule has 0 saturated carbocycles. The van der Waals surface area contributed by atoms with E-state index in [2.05, 4.69) is 10.3 Å². The second-order valence-corrected chi connectivity index (χ2v) is 3.72. The fraction of sp³-hybridized carbons (Fsp3) is 0.455. The first-order chi connectivity index (χ1) is 7.79. The molecule has 0 radical (unpaired) electrons. The Kier molecular flexibility index (Phi) is 5.62. The average Bonchev–Trinajstić information content (AvgIpc) is 2.31. The largest absolute Gasteiger partial charge is 0.396 e. The van der Waals surface area contributed by atoms with Gasteiger partial charge in [-0.3, -0.25) is 0 Å². The van der Waals surface area contributed by atoms with Crippen molar-refractivity contribution >= 4 is 17.4 Å². The molecule has 0 fully saturated rings. The first-order valence-corrected chi connectivity index (χ1v) is 5.56. The number of hydrogen-bond donors (Lipinski definition) is 2. The third-order valence-corrected chi connectivity index (χ3v) is 2.52. The molecule has 0 aliphatic rings. The molecule has 2 N–H and O–H groups in total. The summed E-state index contributed by atoms with van der Waals surface area (Å²) in [6.07, 6.45) is 4.26. The Hall–Kier alpha value is -1.31. The maximum Gasteiger partial charge on any atom is 0.146 e. The van der Waals surface area contributed by atoms with Crippen LogP contribution in [0.5, 0.6) is 0 Å². The molecule has 5 heteroatoms. The van der Waals surface area contributed by atoms with Crippen molar-refractivity contribution in [3.8, 4) is 6.07 Å². The van der Waals surface area contributed by atoms with Gasteiger partial charge in [-0.25, -0.2) is 4.98 Å². The zero-order valence-electron chi connectivity index (χ0n) is 8.91. The maximum atomic E-state index is 8.77. The summed E-state index contributed by atoms with van der Waals surface area (Å²) in [7, 11) is 0. The molecule has 0 unspecified atom stereocenters. The molecule has 0 bridgehead atoms. The van der Waals surface area contributed by atoms with Crippen molar-refractivity contribution in [2.45, 2.75) is 19.3 Å². The number of anilines is 1. The SMILES string of the molecule is N#Cc1ccnc(NCCCCCO)c1Cl. The molecule has 0 aliphatic carbocycles. The zero-order chi connectivity index (χ0) is 11.8. The minimum absolute atomic E-state index is 0.225. The molecule has 0 spiro atoms. The number of nitrogens with zero attached hydrogens (tertiary/aromatic N) is 2. The highest BCUT2D eigenvalue weighted by molar-refractivity contribution is 6.34. The summed E-state index contributed by atoms with van der Waals surface area (Å²) in [5.41, 5.74) is 0.425. The van der Waals surface area contributed by atoms with Crippen LogP contribution in [0, 0.1) is 11.3 Å². The number of aliphatic hydroxyl groups excluding tert-OH is 1. The lowest BCUT2D eigenvalue weighted by atomic mass is 10.2. The fourth-order valence-electron chi connectivity index (χ4n) is 1.27. The fourth-order valence-corrected chi connectivity index (χ4v) is 1.49. The number of hydrogen-bond acceptors (Lipinski definition) is 4. The molecule has 16 heavy (non-hydrogen) atoms. The van der Waals surface area contributed by atoms with E-state index in [4.69, 9.17) is 22.0 Å². The van der Waals surface area contributed by atoms with E-state index in [0.29, 0.717) is 16.4 Å². The van der Waals surface area contributed by atoms with Gasteiger partial charge in [-0.15, -0.1) is 0 Å². The summed E-state index contributed by atoms with van der Waals surface area (Å²) in [4.78, 5) is 4.06. The number of halogens is 1. The maximum absolute atomic E-state index is 8.77. The van der Waals surface area contributed by atoms with Gasteiger partial charge in [0, 0.05) is 19.3 Å². The van der Waals surface area contributed by atoms with E-state index in [1.54, 1.807) is 12.3 Å². The summed E-state index contributed by atoms with van der Waals surface area (Å²) in [5, 5.41) is 20.8. The number of nitriles is 1. The van der Waals surface area contributed by atoms with Gasteiger partial charge in [0.25, 0.3) is 0 Å². The predicted octanol–water partition coefficient (Wildman–Crippen LogP) is 2.18. The highest BCUT2D eigenvalue weighted by atomic mass is 35.5. The lowest BCUT2D eigenvalue weighted by Gasteiger charge is -2.07. The van der Waals surface area contributed by atoms with Crippen molar-refractivity contribution in [2.24, 2.45) is 0 Å². The second-order valence-electron chi connectivity index (χ2n) is 3.34. The molecule has 1 aromatic heterocycles. The van der Waals surface area contributed by atoms with Gasteiger partial charge in [0.05, 0.1) is 5.56 Å². The second kappa shape index (κ2) is 7.04. The Morgan fingerprint density at radius 2 is 2.25 bits per heavy atom. The van der Waals surface area contributed by atoms with E-state index in [1.807, 2.05) is 6.07 Å². The van der Waals surface area contributed by atoms with Gasteiger partial charge in [0.1, 0.15) is 16.9 Å². The molecule has 0 saturated heterocycles. The van der Waals surface area contributed by atoms with Crippen LogP contribution < -0.4 is 5.32 Å². The van der Waals surface area contributed by atoms with Crippen LogP contribution in [0.1, 0.15) is 24.8 Å². The van der Waals surface area contributed by atoms with Crippen LogP contribution in [0.15, 0.2) is 12.3 Å². The predicted molar refractivity (Wildman–Crippen MR) is 63.4 cm³/mol. The molecule has 0 atom stereocenters. The van der Waals surface area contributed by atoms with E-state index in [0.717, 1.165) is 25.8 Å². The first-order valence-electron chi connectivity index (χ1n) is 5.19. The molecule has 1 rings (SSSR count). The van der Waals surface area contributed by atoms with Gasteiger partial charge in [-0.05, 0) is 25.3 Å². The number of aromatic nitrogens is 1. The topological polar surface area (TPSA) is 68.9 Å². The van der Waals surface area contributed by atoms with Crippen LogP contribution in [-0.4, -0.2) is 23.2 Å². The highest BCUT2D eigenvalue weighted by Gasteiger charge is 2.05. The minimum atomic E-state index is 0.225. The van der Waals surface area contributed by atoms with E-state index in [9.17, 15) is 0 Å². The van der Waals surface area contributed by atoms with Crippen LogP contribution in [0.4, 0.5) is 5.82 Å². The van der Waals surface area contributed by atoms with Crippen molar-refractivity contribution in [1.29, 1.82) is 5.26 Å². The number of nitrogens with one attached hydrogen (secondary N) is 1. The van der Waals surface area contributed by atoms with E-state index >= 15 is 0 Å². The number of unbranched alkanes of at least 4 members (excludes halogenated alkanes) is 2. The molecule has 4 nitrogen and oxygen atoms in total. The normalized spacial score (nSPS) is 9.81. The number of aliphatic hydroxyl groups is 1. The number of rotatable bonds is 6. The summed E-state index contributed by atoms with van der Waals surface area (Å²) >= 11 is 5.96. The van der Waals surface area contributed by atoms with Gasteiger partial charge >= 0.3 is 0 Å². The zero-order valence-corrected chi connectivity index (χ0v) is 9.67. The molecular weight excluding hydrogens is 226 g/mol. The smallest absolute Gasteiger partial charge is 0.146 e. The molecular formula is C11H14ClN3O. The van der Waals surface area contributed by atoms with Crippen LogP contribution in [-0.2, 0) is 0 Å². The van der Waals surface area contributed by atoms with E-state index in [-0.39, 0.29) is 6.61 Å². The summed E-state index contributed by atoms with van der Waals surface area (Å²) < 4.78 is 0. The van der Waals surface area contributed by atoms with Crippen LogP contribution in [0.25, 0.3) is 0 Å². The average molecular weight is 240 g/mol. The number of pyridine rings is 1. The van der Waals surface area contributed by atoms with Crippen molar-refractivity contribution in [2.75, 3.05) is 18.5 Å². The Bertz CT molecular complexity index is 376. The Labute approximate surface area is 99.9 Å². The molecule has 86 valence electrons. The van der Waals surface area contributed by atoms with Crippen LogP contribution in [0.2, 0.25) is 5.02 Å². The van der Waals surface area contributed by atoms with E-state index in [1.165, 1.54) is 0 Å². The molecule has 1 aromatic rings. The van der Waals surface area contributed by atoms with Gasteiger partial charge in [-0.1, -0.05) is 11.6 Å².